The van der Waals surface area contributed by atoms with E-state index < -0.39 is 5.60 Å². The Morgan fingerprint density at radius 1 is 1.10 bits per heavy atom. The predicted molar refractivity (Wildman–Crippen MR) is 76.0 cm³/mol. The number of rotatable bonds is 2. The summed E-state index contributed by atoms with van der Waals surface area (Å²) in [7, 11) is 1.61. The molecule has 0 saturated heterocycles. The number of ketones is 1. The van der Waals surface area contributed by atoms with Crippen LogP contribution in [-0.4, -0.2) is 18.0 Å². The molecular formula is C17H16O3. The van der Waals surface area contributed by atoms with Gasteiger partial charge in [0, 0.05) is 12.0 Å². The van der Waals surface area contributed by atoms with Gasteiger partial charge in [-0.3, -0.25) is 4.79 Å². The maximum Gasteiger partial charge on any atom is 0.163 e. The van der Waals surface area contributed by atoms with Crippen LogP contribution in [0.3, 0.4) is 0 Å². The Bertz CT molecular complexity index is 646. The fourth-order valence-corrected chi connectivity index (χ4v) is 2.82. The lowest BCUT2D eigenvalue weighted by Crippen LogP contribution is -2.34. The van der Waals surface area contributed by atoms with Crippen LogP contribution in [0.1, 0.15) is 34.3 Å². The van der Waals surface area contributed by atoms with Gasteiger partial charge in [0.15, 0.2) is 5.78 Å². The highest BCUT2D eigenvalue weighted by Gasteiger charge is 2.38. The molecule has 0 aromatic heterocycles. The second kappa shape index (κ2) is 4.76. The van der Waals surface area contributed by atoms with E-state index in [1.54, 1.807) is 13.2 Å². The molecular weight excluding hydrogens is 252 g/mol. The second-order valence-corrected chi connectivity index (χ2v) is 5.06. The van der Waals surface area contributed by atoms with Gasteiger partial charge in [0.1, 0.15) is 11.4 Å². The number of Topliss-reactive ketones (excluding diaryl/α,β-unsaturated/α-hetero) is 1. The number of ether oxygens (including phenoxy) is 1. The van der Waals surface area contributed by atoms with Crippen molar-refractivity contribution < 1.29 is 14.6 Å². The van der Waals surface area contributed by atoms with Crippen LogP contribution in [0.5, 0.6) is 5.75 Å². The number of fused-ring (bicyclic) bond motifs is 1. The number of hydrogen-bond donors (Lipinski definition) is 1. The summed E-state index contributed by atoms with van der Waals surface area (Å²) >= 11 is 0. The van der Waals surface area contributed by atoms with Crippen molar-refractivity contribution in [2.45, 2.75) is 18.4 Å². The van der Waals surface area contributed by atoms with Crippen molar-refractivity contribution in [3.05, 3.63) is 65.2 Å². The monoisotopic (exact) mass is 268 g/mol. The SMILES string of the molecule is COc1ccc([C@]2(O)CCC(=O)c3ccccc32)cc1. The molecule has 3 rings (SSSR count). The van der Waals surface area contributed by atoms with Crippen LogP contribution in [0.2, 0.25) is 0 Å². The average Bonchev–Trinajstić information content (AvgIpc) is 2.51. The predicted octanol–water partition coefficient (Wildman–Crippen LogP) is 2.91. The van der Waals surface area contributed by atoms with E-state index in [9.17, 15) is 9.90 Å². The molecule has 2 aromatic rings. The Morgan fingerprint density at radius 2 is 1.80 bits per heavy atom. The zero-order valence-electron chi connectivity index (χ0n) is 11.3. The molecule has 1 aliphatic carbocycles. The Labute approximate surface area is 117 Å². The molecule has 102 valence electrons. The summed E-state index contributed by atoms with van der Waals surface area (Å²) in [6.45, 7) is 0. The summed E-state index contributed by atoms with van der Waals surface area (Å²) in [5.41, 5.74) is 1.01. The quantitative estimate of drug-likeness (QED) is 0.911. The maximum atomic E-state index is 12.0. The summed E-state index contributed by atoms with van der Waals surface area (Å²) < 4.78 is 5.14. The van der Waals surface area contributed by atoms with Gasteiger partial charge in [-0.15, -0.1) is 0 Å². The van der Waals surface area contributed by atoms with Gasteiger partial charge in [-0.2, -0.15) is 0 Å². The van der Waals surface area contributed by atoms with E-state index in [0.717, 1.165) is 11.3 Å². The zero-order valence-corrected chi connectivity index (χ0v) is 11.3. The van der Waals surface area contributed by atoms with E-state index in [2.05, 4.69) is 0 Å². The van der Waals surface area contributed by atoms with Gasteiger partial charge in [0.25, 0.3) is 0 Å². The topological polar surface area (TPSA) is 46.5 Å². The molecule has 3 nitrogen and oxygen atoms in total. The molecule has 1 N–H and O–H groups in total. The van der Waals surface area contributed by atoms with Crippen molar-refractivity contribution in [2.24, 2.45) is 0 Å². The van der Waals surface area contributed by atoms with Crippen LogP contribution in [0, 0.1) is 0 Å². The molecule has 0 unspecified atom stereocenters. The maximum absolute atomic E-state index is 12.0. The highest BCUT2D eigenvalue weighted by Crippen LogP contribution is 2.40. The van der Waals surface area contributed by atoms with Crippen molar-refractivity contribution >= 4 is 5.78 Å². The molecule has 0 heterocycles. The van der Waals surface area contributed by atoms with Gasteiger partial charge in [-0.1, -0.05) is 36.4 Å². The molecule has 0 saturated carbocycles. The van der Waals surface area contributed by atoms with Crippen LogP contribution in [0.15, 0.2) is 48.5 Å². The number of carbonyl (C=O) groups is 1. The zero-order chi connectivity index (χ0) is 14.2. The van der Waals surface area contributed by atoms with Crippen LogP contribution >= 0.6 is 0 Å². The van der Waals surface area contributed by atoms with Crippen LogP contribution in [0.25, 0.3) is 0 Å². The van der Waals surface area contributed by atoms with Gasteiger partial charge in [-0.25, -0.2) is 0 Å². The molecule has 1 atom stereocenters. The standard InChI is InChI=1S/C17H16O3/c1-20-13-8-6-12(7-9-13)17(19)11-10-16(18)14-4-2-3-5-15(14)17/h2-9,19H,10-11H2,1H3/t17-/m1/s1. The van der Waals surface area contributed by atoms with Crippen LogP contribution < -0.4 is 4.74 Å². The first-order valence-corrected chi connectivity index (χ1v) is 6.65. The fourth-order valence-electron chi connectivity index (χ4n) is 2.82. The highest BCUT2D eigenvalue weighted by molar-refractivity contribution is 5.99. The first-order chi connectivity index (χ1) is 9.65. The number of hydrogen-bond acceptors (Lipinski definition) is 3. The first-order valence-electron chi connectivity index (χ1n) is 6.65. The van der Waals surface area contributed by atoms with E-state index in [0.29, 0.717) is 24.0 Å². The van der Waals surface area contributed by atoms with Gasteiger partial charge >= 0.3 is 0 Å². The summed E-state index contributed by atoms with van der Waals surface area (Å²) in [6, 6.07) is 14.7. The molecule has 0 fully saturated rings. The van der Waals surface area contributed by atoms with E-state index in [1.165, 1.54) is 0 Å². The smallest absolute Gasteiger partial charge is 0.163 e. The molecule has 0 aliphatic heterocycles. The lowest BCUT2D eigenvalue weighted by Gasteiger charge is -2.34. The van der Waals surface area contributed by atoms with E-state index in [-0.39, 0.29) is 5.78 Å². The third-order valence-electron chi connectivity index (χ3n) is 3.95. The number of benzene rings is 2. The van der Waals surface area contributed by atoms with Crippen molar-refractivity contribution in [2.75, 3.05) is 7.11 Å². The Hall–Kier alpha value is -2.13. The average molecular weight is 268 g/mol. The number of methoxy groups -OCH3 is 1. The van der Waals surface area contributed by atoms with Crippen molar-refractivity contribution in [1.29, 1.82) is 0 Å². The Balaban J connectivity index is 2.12. The highest BCUT2D eigenvalue weighted by atomic mass is 16.5. The molecule has 0 bridgehead atoms. The molecule has 20 heavy (non-hydrogen) atoms. The third-order valence-corrected chi connectivity index (χ3v) is 3.95. The van der Waals surface area contributed by atoms with Gasteiger partial charge in [0.05, 0.1) is 7.11 Å². The molecule has 0 amide bonds. The first kappa shape index (κ1) is 12.9. The molecule has 2 aromatic carbocycles. The Kier molecular flexibility index (Phi) is 3.07. The third kappa shape index (κ3) is 1.91. The summed E-state index contributed by atoms with van der Waals surface area (Å²) in [5.74, 6) is 0.844. The second-order valence-electron chi connectivity index (χ2n) is 5.06. The van der Waals surface area contributed by atoms with Gasteiger partial charge in [0.2, 0.25) is 0 Å². The molecule has 0 radical (unpaired) electrons. The normalized spacial score (nSPS) is 21.4. The Morgan fingerprint density at radius 3 is 2.50 bits per heavy atom. The minimum absolute atomic E-state index is 0.0961. The van der Waals surface area contributed by atoms with Gasteiger partial charge in [-0.05, 0) is 29.7 Å². The molecule has 0 spiro atoms. The number of carbonyl (C=O) groups excluding carboxylic acids is 1. The van der Waals surface area contributed by atoms with Crippen LogP contribution in [-0.2, 0) is 5.60 Å². The fraction of sp³-hybridized carbons (Fsp3) is 0.235. The van der Waals surface area contributed by atoms with E-state index in [4.69, 9.17) is 4.74 Å². The molecule has 1 aliphatic rings. The molecule has 3 heteroatoms. The lowest BCUT2D eigenvalue weighted by molar-refractivity contribution is 0.0548. The minimum Gasteiger partial charge on any atom is -0.497 e. The van der Waals surface area contributed by atoms with Crippen LogP contribution in [0.4, 0.5) is 0 Å². The summed E-state index contributed by atoms with van der Waals surface area (Å²) in [5, 5.41) is 11.1. The summed E-state index contributed by atoms with van der Waals surface area (Å²) in [6.07, 6.45) is 0.773. The van der Waals surface area contributed by atoms with Gasteiger partial charge < -0.3 is 9.84 Å². The lowest BCUT2D eigenvalue weighted by atomic mass is 9.74. The minimum atomic E-state index is -1.10. The summed E-state index contributed by atoms with van der Waals surface area (Å²) in [4.78, 5) is 12.0. The van der Waals surface area contributed by atoms with Crippen molar-refractivity contribution in [3.63, 3.8) is 0 Å². The van der Waals surface area contributed by atoms with E-state index >= 15 is 0 Å². The van der Waals surface area contributed by atoms with Crippen molar-refractivity contribution in [3.8, 4) is 5.75 Å². The largest absolute Gasteiger partial charge is 0.497 e. The van der Waals surface area contributed by atoms with Crippen molar-refractivity contribution in [1.82, 2.24) is 0 Å². The van der Waals surface area contributed by atoms with E-state index in [1.807, 2.05) is 42.5 Å². The number of aliphatic hydroxyl groups is 1.